The molecule has 1 rings (SSSR count). The molecule has 0 aliphatic rings. The Labute approximate surface area is 84.5 Å². The molecule has 0 saturated carbocycles. The largest absolute Gasteiger partial charge is 0.349 e. The van der Waals surface area contributed by atoms with Crippen molar-refractivity contribution in [3.63, 3.8) is 0 Å². The number of rotatable bonds is 5. The van der Waals surface area contributed by atoms with E-state index >= 15 is 0 Å². The van der Waals surface area contributed by atoms with Crippen LogP contribution in [0.15, 0.2) is 12.7 Å². The molecule has 0 bridgehead atoms. The molecule has 0 aromatic carbocycles. The molecular weight excluding hydrogens is 176 g/mol. The van der Waals surface area contributed by atoms with Gasteiger partial charge in [0.1, 0.15) is 0 Å². The molecule has 0 aliphatic carbocycles. The lowest BCUT2D eigenvalue weighted by Gasteiger charge is -2.05. The van der Waals surface area contributed by atoms with Crippen LogP contribution >= 0.6 is 0 Å². The maximum absolute atomic E-state index is 4.37. The van der Waals surface area contributed by atoms with Gasteiger partial charge in [0, 0.05) is 6.54 Å². The van der Waals surface area contributed by atoms with Gasteiger partial charge in [-0.05, 0) is 12.8 Å². The molecule has 1 aromatic rings. The first-order chi connectivity index (χ1) is 6.81. The van der Waals surface area contributed by atoms with Crippen LogP contribution in [0.25, 0.3) is 0 Å². The van der Waals surface area contributed by atoms with Gasteiger partial charge in [-0.25, -0.2) is 4.98 Å². The lowest BCUT2D eigenvalue weighted by Crippen LogP contribution is -2.09. The van der Waals surface area contributed by atoms with Crippen LogP contribution in [0.2, 0.25) is 0 Å². The summed E-state index contributed by atoms with van der Waals surface area (Å²) in [5, 5.41) is 11.1. The smallest absolute Gasteiger partial charge is 0.243 e. The summed E-state index contributed by atoms with van der Waals surface area (Å²) < 4.78 is 0. The second-order valence-electron chi connectivity index (χ2n) is 2.91. The Morgan fingerprint density at radius 2 is 1.93 bits per heavy atom. The van der Waals surface area contributed by atoms with Crippen molar-refractivity contribution in [1.82, 2.24) is 15.2 Å². The van der Waals surface area contributed by atoms with Crippen LogP contribution in [-0.2, 0) is 12.8 Å². The lowest BCUT2D eigenvalue weighted by atomic mass is 10.2. The van der Waals surface area contributed by atoms with E-state index in [1.165, 1.54) is 0 Å². The predicted molar refractivity (Wildman–Crippen MR) is 57.3 cm³/mol. The van der Waals surface area contributed by atoms with Gasteiger partial charge in [0.25, 0.3) is 0 Å². The first-order valence-corrected chi connectivity index (χ1v) is 4.89. The SMILES string of the molecule is C=CCNc1nnc(CC)c(CC)n1. The molecule has 1 aromatic heterocycles. The van der Waals surface area contributed by atoms with Crippen LogP contribution in [0, 0.1) is 0 Å². The van der Waals surface area contributed by atoms with Crippen molar-refractivity contribution in [3.8, 4) is 0 Å². The van der Waals surface area contributed by atoms with Crippen LogP contribution in [0.1, 0.15) is 25.2 Å². The highest BCUT2D eigenvalue weighted by atomic mass is 15.2. The van der Waals surface area contributed by atoms with Crippen molar-refractivity contribution >= 4 is 5.95 Å². The molecule has 4 nitrogen and oxygen atoms in total. The van der Waals surface area contributed by atoms with E-state index in [1.807, 2.05) is 0 Å². The van der Waals surface area contributed by atoms with Gasteiger partial charge < -0.3 is 5.32 Å². The van der Waals surface area contributed by atoms with E-state index in [-0.39, 0.29) is 0 Å². The Hall–Kier alpha value is -1.45. The zero-order valence-corrected chi connectivity index (χ0v) is 8.75. The van der Waals surface area contributed by atoms with Crippen LogP contribution in [0.3, 0.4) is 0 Å². The van der Waals surface area contributed by atoms with Gasteiger partial charge in [-0.15, -0.1) is 11.7 Å². The summed E-state index contributed by atoms with van der Waals surface area (Å²) in [6, 6.07) is 0. The zero-order valence-electron chi connectivity index (χ0n) is 8.75. The number of aromatic nitrogens is 3. The van der Waals surface area contributed by atoms with Gasteiger partial charge in [-0.2, -0.15) is 5.10 Å². The van der Waals surface area contributed by atoms with Crippen molar-refractivity contribution in [3.05, 3.63) is 24.0 Å². The molecule has 0 amide bonds. The Bertz CT molecular complexity index is 309. The van der Waals surface area contributed by atoms with Crippen molar-refractivity contribution in [2.75, 3.05) is 11.9 Å². The van der Waals surface area contributed by atoms with E-state index in [9.17, 15) is 0 Å². The van der Waals surface area contributed by atoms with Crippen LogP contribution in [-0.4, -0.2) is 21.7 Å². The maximum Gasteiger partial charge on any atom is 0.243 e. The van der Waals surface area contributed by atoms with Gasteiger partial charge in [0.2, 0.25) is 5.95 Å². The van der Waals surface area contributed by atoms with Gasteiger partial charge in [0.15, 0.2) is 0 Å². The highest BCUT2D eigenvalue weighted by Gasteiger charge is 2.04. The van der Waals surface area contributed by atoms with Gasteiger partial charge in [-0.1, -0.05) is 19.9 Å². The number of nitrogens with zero attached hydrogens (tertiary/aromatic N) is 3. The fourth-order valence-corrected chi connectivity index (χ4v) is 1.18. The second-order valence-corrected chi connectivity index (χ2v) is 2.91. The Balaban J connectivity index is 2.83. The van der Waals surface area contributed by atoms with E-state index in [1.54, 1.807) is 6.08 Å². The van der Waals surface area contributed by atoms with E-state index in [2.05, 4.69) is 40.9 Å². The highest BCUT2D eigenvalue weighted by Crippen LogP contribution is 2.06. The standard InChI is InChI=1S/C10H16N4/c1-4-7-11-10-12-8(5-2)9(6-3)13-14-10/h4H,1,5-7H2,2-3H3,(H,11,12,14). The number of hydrogen-bond acceptors (Lipinski definition) is 4. The third-order valence-electron chi connectivity index (χ3n) is 1.91. The fraction of sp³-hybridized carbons (Fsp3) is 0.500. The van der Waals surface area contributed by atoms with Gasteiger partial charge >= 0.3 is 0 Å². The molecule has 0 radical (unpaired) electrons. The minimum atomic E-state index is 0.582. The Morgan fingerprint density at radius 1 is 1.21 bits per heavy atom. The minimum absolute atomic E-state index is 0.582. The lowest BCUT2D eigenvalue weighted by molar-refractivity contribution is 0.824. The molecule has 0 unspecified atom stereocenters. The Kier molecular flexibility index (Phi) is 4.04. The van der Waals surface area contributed by atoms with Crippen molar-refractivity contribution in [2.45, 2.75) is 26.7 Å². The monoisotopic (exact) mass is 192 g/mol. The average Bonchev–Trinajstić information content (AvgIpc) is 2.25. The van der Waals surface area contributed by atoms with Crippen molar-refractivity contribution in [1.29, 1.82) is 0 Å². The minimum Gasteiger partial charge on any atom is -0.349 e. The molecule has 1 heterocycles. The molecule has 0 atom stereocenters. The summed E-state index contributed by atoms with van der Waals surface area (Å²) in [5.41, 5.74) is 2.01. The topological polar surface area (TPSA) is 50.7 Å². The molecule has 0 fully saturated rings. The first-order valence-electron chi connectivity index (χ1n) is 4.89. The summed E-state index contributed by atoms with van der Waals surface area (Å²) in [6.45, 7) is 8.40. The number of hydrogen-bond donors (Lipinski definition) is 1. The maximum atomic E-state index is 4.37. The van der Waals surface area contributed by atoms with E-state index < -0.39 is 0 Å². The zero-order chi connectivity index (χ0) is 10.4. The summed E-state index contributed by atoms with van der Waals surface area (Å²) in [4.78, 5) is 4.37. The van der Waals surface area contributed by atoms with Crippen LogP contribution in [0.4, 0.5) is 5.95 Å². The molecule has 0 aliphatic heterocycles. The summed E-state index contributed by atoms with van der Waals surface area (Å²) in [5.74, 6) is 0.582. The molecule has 0 spiro atoms. The molecule has 14 heavy (non-hydrogen) atoms. The summed E-state index contributed by atoms with van der Waals surface area (Å²) in [7, 11) is 0. The van der Waals surface area contributed by atoms with Gasteiger partial charge in [0.05, 0.1) is 11.4 Å². The molecule has 4 heteroatoms. The Morgan fingerprint density at radius 3 is 2.50 bits per heavy atom. The molecule has 0 saturated heterocycles. The van der Waals surface area contributed by atoms with Crippen LogP contribution < -0.4 is 5.32 Å². The highest BCUT2D eigenvalue weighted by molar-refractivity contribution is 5.26. The van der Waals surface area contributed by atoms with E-state index in [4.69, 9.17) is 0 Å². The normalized spacial score (nSPS) is 9.86. The van der Waals surface area contributed by atoms with E-state index in [0.29, 0.717) is 12.5 Å². The summed E-state index contributed by atoms with van der Waals surface area (Å²) in [6.07, 6.45) is 3.54. The summed E-state index contributed by atoms with van der Waals surface area (Å²) >= 11 is 0. The van der Waals surface area contributed by atoms with Gasteiger partial charge in [-0.3, -0.25) is 0 Å². The quantitative estimate of drug-likeness (QED) is 0.720. The van der Waals surface area contributed by atoms with E-state index in [0.717, 1.165) is 24.2 Å². The molecular formula is C10H16N4. The fourth-order valence-electron chi connectivity index (χ4n) is 1.18. The first kappa shape index (κ1) is 10.6. The third kappa shape index (κ3) is 2.52. The molecule has 1 N–H and O–H groups in total. The third-order valence-corrected chi connectivity index (χ3v) is 1.91. The number of nitrogens with one attached hydrogen (secondary N) is 1. The number of anilines is 1. The predicted octanol–water partition coefficient (Wildman–Crippen LogP) is 1.59. The average molecular weight is 192 g/mol. The second kappa shape index (κ2) is 5.32. The molecule has 76 valence electrons. The van der Waals surface area contributed by atoms with Crippen molar-refractivity contribution in [2.24, 2.45) is 0 Å². The number of aryl methyl sites for hydroxylation is 2. The van der Waals surface area contributed by atoms with Crippen LogP contribution in [0.5, 0.6) is 0 Å². The van der Waals surface area contributed by atoms with Crippen molar-refractivity contribution < 1.29 is 0 Å².